The molecule has 2 rings (SSSR count). The quantitative estimate of drug-likeness (QED) is 0.577. The van der Waals surface area contributed by atoms with E-state index >= 15 is 0 Å². The molecule has 2 nitrogen and oxygen atoms in total. The van der Waals surface area contributed by atoms with Crippen molar-refractivity contribution in [2.45, 2.75) is 58.4 Å². The van der Waals surface area contributed by atoms with Crippen LogP contribution in [0.25, 0.3) is 10.6 Å². The molecule has 0 saturated heterocycles. The van der Waals surface area contributed by atoms with E-state index in [2.05, 4.69) is 48.4 Å². The molecule has 0 amide bonds. The lowest BCUT2D eigenvalue weighted by molar-refractivity contribution is 0.578. The summed E-state index contributed by atoms with van der Waals surface area (Å²) in [5, 5.41) is 6.69. The number of thiazole rings is 1. The zero-order valence-corrected chi connectivity index (χ0v) is 14.0. The van der Waals surface area contributed by atoms with E-state index in [1.54, 1.807) is 11.3 Å². The molecule has 114 valence electrons. The minimum absolute atomic E-state index is 0.539. The van der Waals surface area contributed by atoms with E-state index < -0.39 is 0 Å². The van der Waals surface area contributed by atoms with Crippen LogP contribution >= 0.6 is 11.3 Å². The summed E-state index contributed by atoms with van der Waals surface area (Å²) in [4.78, 5) is 4.34. The van der Waals surface area contributed by atoms with Crippen LogP contribution in [0.15, 0.2) is 35.8 Å². The fourth-order valence-corrected chi connectivity index (χ4v) is 3.13. The van der Waals surface area contributed by atoms with Gasteiger partial charge in [-0.15, -0.1) is 11.3 Å². The lowest BCUT2D eigenvalue weighted by Gasteiger charge is -2.15. The second-order valence-electron chi connectivity index (χ2n) is 5.66. The van der Waals surface area contributed by atoms with Gasteiger partial charge in [0.05, 0.1) is 0 Å². The summed E-state index contributed by atoms with van der Waals surface area (Å²) in [6.07, 6.45) is 9.87. The third-order valence-electron chi connectivity index (χ3n) is 3.72. The molecule has 1 N–H and O–H groups in total. The van der Waals surface area contributed by atoms with Crippen LogP contribution in [0.3, 0.4) is 0 Å². The summed E-state index contributed by atoms with van der Waals surface area (Å²) in [5.74, 6) is 0. The van der Waals surface area contributed by atoms with Crippen molar-refractivity contribution in [3.05, 3.63) is 35.8 Å². The van der Waals surface area contributed by atoms with Gasteiger partial charge in [-0.05, 0) is 37.6 Å². The minimum atomic E-state index is 0.539. The molecule has 0 fully saturated rings. The van der Waals surface area contributed by atoms with Gasteiger partial charge in [0.25, 0.3) is 0 Å². The number of nitrogens with one attached hydrogen (secondary N) is 1. The monoisotopic (exact) mass is 302 g/mol. The standard InChI is InChI=1S/C18H26N2S/c1-3-4-5-6-7-8-15(2)20-17-11-9-16(10-12-17)18-19-13-14-21-18/h9-15,20H,3-8H2,1-2H3. The summed E-state index contributed by atoms with van der Waals surface area (Å²) in [7, 11) is 0. The zero-order chi connectivity index (χ0) is 14.9. The first kappa shape index (κ1) is 16.0. The Morgan fingerprint density at radius 3 is 2.52 bits per heavy atom. The van der Waals surface area contributed by atoms with Crippen LogP contribution in [0.4, 0.5) is 5.69 Å². The highest BCUT2D eigenvalue weighted by Gasteiger charge is 2.03. The second-order valence-corrected chi connectivity index (χ2v) is 6.56. The van der Waals surface area contributed by atoms with Gasteiger partial charge >= 0.3 is 0 Å². The Labute approximate surface area is 132 Å². The van der Waals surface area contributed by atoms with Gasteiger partial charge in [-0.1, -0.05) is 39.0 Å². The first-order chi connectivity index (χ1) is 10.3. The third kappa shape index (κ3) is 5.50. The smallest absolute Gasteiger partial charge is 0.123 e. The van der Waals surface area contributed by atoms with Crippen molar-refractivity contribution in [2.24, 2.45) is 0 Å². The van der Waals surface area contributed by atoms with Gasteiger partial charge in [0, 0.05) is 28.9 Å². The van der Waals surface area contributed by atoms with Gasteiger partial charge in [-0.25, -0.2) is 4.98 Å². The van der Waals surface area contributed by atoms with Crippen molar-refractivity contribution in [3.63, 3.8) is 0 Å². The Morgan fingerprint density at radius 1 is 1.10 bits per heavy atom. The Hall–Kier alpha value is -1.35. The lowest BCUT2D eigenvalue weighted by Crippen LogP contribution is -2.14. The van der Waals surface area contributed by atoms with Crippen LogP contribution in [-0.4, -0.2) is 11.0 Å². The van der Waals surface area contributed by atoms with E-state index in [1.807, 2.05) is 11.6 Å². The molecule has 0 saturated carbocycles. The molecule has 0 aliphatic heterocycles. The number of anilines is 1. The molecule has 0 radical (unpaired) electrons. The highest BCUT2D eigenvalue weighted by atomic mass is 32.1. The molecule has 3 heteroatoms. The molecule has 0 spiro atoms. The molecule has 21 heavy (non-hydrogen) atoms. The topological polar surface area (TPSA) is 24.9 Å². The molecule has 0 bridgehead atoms. The first-order valence-corrected chi connectivity index (χ1v) is 8.94. The average molecular weight is 302 g/mol. The fraction of sp³-hybridized carbons (Fsp3) is 0.500. The average Bonchev–Trinajstić information content (AvgIpc) is 3.02. The number of rotatable bonds is 9. The number of benzene rings is 1. The van der Waals surface area contributed by atoms with Gasteiger partial charge in [-0.2, -0.15) is 0 Å². The van der Waals surface area contributed by atoms with Crippen molar-refractivity contribution < 1.29 is 0 Å². The summed E-state index contributed by atoms with van der Waals surface area (Å²) in [5.41, 5.74) is 2.40. The van der Waals surface area contributed by atoms with E-state index in [9.17, 15) is 0 Å². The Bertz CT molecular complexity index is 490. The maximum absolute atomic E-state index is 4.34. The van der Waals surface area contributed by atoms with E-state index in [-0.39, 0.29) is 0 Å². The Kier molecular flexibility index (Phi) is 6.74. The Morgan fingerprint density at radius 2 is 1.86 bits per heavy atom. The van der Waals surface area contributed by atoms with Crippen LogP contribution in [-0.2, 0) is 0 Å². The first-order valence-electron chi connectivity index (χ1n) is 8.06. The van der Waals surface area contributed by atoms with Gasteiger partial charge in [0.2, 0.25) is 0 Å². The summed E-state index contributed by atoms with van der Waals surface area (Å²) in [6, 6.07) is 9.15. The number of hydrogen-bond acceptors (Lipinski definition) is 3. The van der Waals surface area contributed by atoms with E-state index in [1.165, 1.54) is 49.8 Å². The zero-order valence-electron chi connectivity index (χ0n) is 13.1. The fourth-order valence-electron chi connectivity index (χ4n) is 2.49. The molecule has 2 aromatic rings. The van der Waals surface area contributed by atoms with E-state index in [0.29, 0.717) is 6.04 Å². The molecular formula is C18H26N2S. The summed E-state index contributed by atoms with van der Waals surface area (Å²) >= 11 is 1.68. The van der Waals surface area contributed by atoms with Crippen molar-refractivity contribution in [1.82, 2.24) is 4.98 Å². The van der Waals surface area contributed by atoms with E-state index in [0.717, 1.165) is 5.01 Å². The molecule has 1 aromatic carbocycles. The number of nitrogens with zero attached hydrogens (tertiary/aromatic N) is 1. The minimum Gasteiger partial charge on any atom is -0.383 e. The number of aromatic nitrogens is 1. The van der Waals surface area contributed by atoms with Gasteiger partial charge in [-0.3, -0.25) is 0 Å². The van der Waals surface area contributed by atoms with Crippen molar-refractivity contribution in [3.8, 4) is 10.6 Å². The van der Waals surface area contributed by atoms with Crippen molar-refractivity contribution in [1.29, 1.82) is 0 Å². The molecular weight excluding hydrogens is 276 g/mol. The van der Waals surface area contributed by atoms with Crippen LogP contribution < -0.4 is 5.32 Å². The maximum Gasteiger partial charge on any atom is 0.123 e. The molecule has 0 aliphatic rings. The van der Waals surface area contributed by atoms with Crippen LogP contribution in [0.5, 0.6) is 0 Å². The largest absolute Gasteiger partial charge is 0.383 e. The lowest BCUT2D eigenvalue weighted by atomic mass is 10.1. The number of hydrogen-bond donors (Lipinski definition) is 1. The third-order valence-corrected chi connectivity index (χ3v) is 4.54. The van der Waals surface area contributed by atoms with Gasteiger partial charge < -0.3 is 5.32 Å². The second kappa shape index (κ2) is 8.83. The number of unbranched alkanes of at least 4 members (excludes halogenated alkanes) is 4. The van der Waals surface area contributed by atoms with E-state index in [4.69, 9.17) is 0 Å². The predicted octanol–water partition coefficient (Wildman–Crippen LogP) is 5.97. The van der Waals surface area contributed by atoms with Crippen LogP contribution in [0.2, 0.25) is 0 Å². The highest BCUT2D eigenvalue weighted by Crippen LogP contribution is 2.23. The van der Waals surface area contributed by atoms with Gasteiger partial charge in [0.1, 0.15) is 5.01 Å². The highest BCUT2D eigenvalue weighted by molar-refractivity contribution is 7.13. The van der Waals surface area contributed by atoms with Crippen molar-refractivity contribution in [2.75, 3.05) is 5.32 Å². The molecule has 1 heterocycles. The normalized spacial score (nSPS) is 12.3. The van der Waals surface area contributed by atoms with Gasteiger partial charge in [0.15, 0.2) is 0 Å². The van der Waals surface area contributed by atoms with Crippen LogP contribution in [0.1, 0.15) is 52.4 Å². The van der Waals surface area contributed by atoms with Crippen molar-refractivity contribution >= 4 is 17.0 Å². The summed E-state index contributed by atoms with van der Waals surface area (Å²) in [6.45, 7) is 4.54. The molecule has 0 aliphatic carbocycles. The predicted molar refractivity (Wildman–Crippen MR) is 94.0 cm³/mol. The SMILES string of the molecule is CCCCCCCC(C)Nc1ccc(-c2nccs2)cc1. The maximum atomic E-state index is 4.34. The van der Waals surface area contributed by atoms with Crippen LogP contribution in [0, 0.1) is 0 Å². The molecule has 1 atom stereocenters. The Balaban J connectivity index is 1.75. The molecule has 1 unspecified atom stereocenters. The summed E-state index contributed by atoms with van der Waals surface area (Å²) < 4.78 is 0. The molecule has 1 aromatic heterocycles.